The Kier molecular flexibility index (Phi) is 7.61. The molecule has 0 aromatic rings. The highest BCUT2D eigenvalue weighted by molar-refractivity contribution is 5.77. The van der Waals surface area contributed by atoms with Crippen molar-refractivity contribution in [2.24, 2.45) is 0 Å². The van der Waals surface area contributed by atoms with Crippen LogP contribution in [0.1, 0.15) is 46.5 Å². The van der Waals surface area contributed by atoms with Gasteiger partial charge in [0.05, 0.1) is 5.60 Å². The molecule has 0 saturated heterocycles. The lowest BCUT2D eigenvalue weighted by Gasteiger charge is -2.22. The molecule has 0 fully saturated rings. The van der Waals surface area contributed by atoms with Gasteiger partial charge in [0.1, 0.15) is 5.78 Å². The Balaban J connectivity index is 3.29. The molecule has 0 aliphatic carbocycles. The summed E-state index contributed by atoms with van der Waals surface area (Å²) >= 11 is 0. The highest BCUT2D eigenvalue weighted by atomic mass is 16.5. The first-order valence-electron chi connectivity index (χ1n) is 5.66. The van der Waals surface area contributed by atoms with Crippen LogP contribution >= 0.6 is 0 Å². The Morgan fingerprint density at radius 3 is 2.47 bits per heavy atom. The van der Waals surface area contributed by atoms with Crippen LogP contribution in [0.15, 0.2) is 0 Å². The lowest BCUT2D eigenvalue weighted by atomic mass is 10.1. The highest BCUT2D eigenvalue weighted by Crippen LogP contribution is 2.12. The molecule has 0 saturated carbocycles. The second-order valence-electron chi connectivity index (χ2n) is 4.32. The van der Waals surface area contributed by atoms with Gasteiger partial charge in [-0.3, -0.25) is 4.79 Å². The second kappa shape index (κ2) is 7.83. The van der Waals surface area contributed by atoms with E-state index in [1.54, 1.807) is 7.11 Å². The number of hydrogen-bond donors (Lipinski definition) is 0. The first kappa shape index (κ1) is 14.6. The Morgan fingerprint density at radius 2 is 1.93 bits per heavy atom. The number of methoxy groups -OCH3 is 1. The molecule has 3 heteroatoms. The van der Waals surface area contributed by atoms with E-state index in [0.717, 1.165) is 12.8 Å². The Hall–Kier alpha value is -0.410. The topological polar surface area (TPSA) is 35.5 Å². The molecule has 0 amide bonds. The van der Waals surface area contributed by atoms with Crippen molar-refractivity contribution in [3.8, 4) is 0 Å². The number of carbonyl (C=O) groups is 1. The summed E-state index contributed by atoms with van der Waals surface area (Å²) in [6, 6.07) is 0. The van der Waals surface area contributed by atoms with Crippen molar-refractivity contribution in [1.29, 1.82) is 0 Å². The molecule has 0 rings (SSSR count). The minimum absolute atomic E-state index is 0.112. The van der Waals surface area contributed by atoms with Crippen LogP contribution in [-0.4, -0.2) is 31.7 Å². The van der Waals surface area contributed by atoms with Crippen LogP contribution in [0.2, 0.25) is 0 Å². The average Bonchev–Trinajstić information content (AvgIpc) is 2.22. The molecule has 3 nitrogen and oxygen atoms in total. The molecule has 0 aliphatic heterocycles. The van der Waals surface area contributed by atoms with Gasteiger partial charge in [0.2, 0.25) is 0 Å². The van der Waals surface area contributed by atoms with Crippen LogP contribution in [0.4, 0.5) is 0 Å². The number of ether oxygens (including phenoxy) is 2. The number of hydrogen-bond acceptors (Lipinski definition) is 3. The quantitative estimate of drug-likeness (QED) is 0.556. The minimum Gasteiger partial charge on any atom is -0.381 e. The SMILES string of the molecule is CCC(=O)CCCOCCC(C)(C)OC. The summed E-state index contributed by atoms with van der Waals surface area (Å²) < 4.78 is 10.7. The molecule has 15 heavy (non-hydrogen) atoms. The van der Waals surface area contributed by atoms with Gasteiger partial charge < -0.3 is 9.47 Å². The molecule has 0 N–H and O–H groups in total. The Morgan fingerprint density at radius 1 is 1.27 bits per heavy atom. The van der Waals surface area contributed by atoms with Gasteiger partial charge >= 0.3 is 0 Å². The zero-order chi connectivity index (χ0) is 11.7. The zero-order valence-corrected chi connectivity index (χ0v) is 10.5. The van der Waals surface area contributed by atoms with Crippen LogP contribution in [0.25, 0.3) is 0 Å². The number of ketones is 1. The van der Waals surface area contributed by atoms with E-state index < -0.39 is 0 Å². The summed E-state index contributed by atoms with van der Waals surface area (Å²) in [6.07, 6.45) is 2.99. The predicted octanol–water partition coefficient (Wildman–Crippen LogP) is 2.58. The third-order valence-electron chi connectivity index (χ3n) is 2.54. The lowest BCUT2D eigenvalue weighted by molar-refractivity contribution is -0.119. The maximum Gasteiger partial charge on any atom is 0.132 e. The van der Waals surface area contributed by atoms with Crippen molar-refractivity contribution < 1.29 is 14.3 Å². The number of rotatable bonds is 9. The molecule has 90 valence electrons. The molecule has 0 heterocycles. The van der Waals surface area contributed by atoms with E-state index >= 15 is 0 Å². The van der Waals surface area contributed by atoms with E-state index in [2.05, 4.69) is 0 Å². The molecular formula is C12H24O3. The largest absolute Gasteiger partial charge is 0.381 e. The van der Waals surface area contributed by atoms with Gasteiger partial charge in [-0.05, 0) is 26.7 Å². The standard InChI is InChI=1S/C12H24O3/c1-5-11(13)7-6-9-15-10-8-12(2,3)14-4/h5-10H2,1-4H3. The van der Waals surface area contributed by atoms with Crippen LogP contribution in [0, 0.1) is 0 Å². The van der Waals surface area contributed by atoms with Gasteiger partial charge in [0.25, 0.3) is 0 Å². The smallest absolute Gasteiger partial charge is 0.132 e. The van der Waals surface area contributed by atoms with E-state index in [0.29, 0.717) is 31.8 Å². The summed E-state index contributed by atoms with van der Waals surface area (Å²) in [5, 5.41) is 0. The number of carbonyl (C=O) groups excluding carboxylic acids is 1. The number of Topliss-reactive ketones (excluding diaryl/α,β-unsaturated/α-hetero) is 1. The fourth-order valence-corrected chi connectivity index (χ4v) is 1.07. The van der Waals surface area contributed by atoms with Crippen molar-refractivity contribution in [3.63, 3.8) is 0 Å². The van der Waals surface area contributed by atoms with Crippen molar-refractivity contribution in [2.75, 3.05) is 20.3 Å². The second-order valence-corrected chi connectivity index (χ2v) is 4.32. The third-order valence-corrected chi connectivity index (χ3v) is 2.54. The normalized spacial score (nSPS) is 11.7. The fourth-order valence-electron chi connectivity index (χ4n) is 1.07. The van der Waals surface area contributed by atoms with Crippen LogP contribution in [0.3, 0.4) is 0 Å². The molecule has 0 aromatic carbocycles. The maximum atomic E-state index is 11.0. The maximum absolute atomic E-state index is 11.0. The molecule has 0 unspecified atom stereocenters. The summed E-state index contributed by atoms with van der Waals surface area (Å²) in [5.74, 6) is 0.316. The monoisotopic (exact) mass is 216 g/mol. The van der Waals surface area contributed by atoms with E-state index in [1.165, 1.54) is 0 Å². The van der Waals surface area contributed by atoms with Crippen molar-refractivity contribution in [1.82, 2.24) is 0 Å². The first-order valence-corrected chi connectivity index (χ1v) is 5.66. The predicted molar refractivity (Wildman–Crippen MR) is 61.1 cm³/mol. The first-order chi connectivity index (χ1) is 7.02. The molecule has 0 atom stereocenters. The van der Waals surface area contributed by atoms with Crippen LogP contribution < -0.4 is 0 Å². The summed E-state index contributed by atoms with van der Waals surface area (Å²) in [6.45, 7) is 7.34. The van der Waals surface area contributed by atoms with Crippen molar-refractivity contribution in [2.45, 2.75) is 52.1 Å². The molecule has 0 aliphatic rings. The van der Waals surface area contributed by atoms with Crippen molar-refractivity contribution in [3.05, 3.63) is 0 Å². The Bertz CT molecular complexity index is 176. The van der Waals surface area contributed by atoms with Crippen molar-refractivity contribution >= 4 is 5.78 Å². The Labute approximate surface area is 93.1 Å². The van der Waals surface area contributed by atoms with Gasteiger partial charge in [0.15, 0.2) is 0 Å². The van der Waals surface area contributed by atoms with Gasteiger partial charge in [-0.15, -0.1) is 0 Å². The van der Waals surface area contributed by atoms with Crippen LogP contribution in [0.5, 0.6) is 0 Å². The van der Waals surface area contributed by atoms with E-state index in [-0.39, 0.29) is 5.60 Å². The lowest BCUT2D eigenvalue weighted by Crippen LogP contribution is -2.24. The molecule has 0 radical (unpaired) electrons. The van der Waals surface area contributed by atoms with E-state index in [1.807, 2.05) is 20.8 Å². The molecular weight excluding hydrogens is 192 g/mol. The minimum atomic E-state index is -0.112. The molecule has 0 spiro atoms. The molecule has 0 aromatic heterocycles. The summed E-state index contributed by atoms with van der Waals surface area (Å²) in [5.41, 5.74) is -0.112. The summed E-state index contributed by atoms with van der Waals surface area (Å²) in [7, 11) is 1.71. The molecule has 0 bridgehead atoms. The van der Waals surface area contributed by atoms with E-state index in [4.69, 9.17) is 9.47 Å². The van der Waals surface area contributed by atoms with Gasteiger partial charge in [-0.25, -0.2) is 0 Å². The fraction of sp³-hybridized carbons (Fsp3) is 0.917. The highest BCUT2D eigenvalue weighted by Gasteiger charge is 2.15. The third kappa shape index (κ3) is 8.58. The average molecular weight is 216 g/mol. The van der Waals surface area contributed by atoms with Gasteiger partial charge in [-0.2, -0.15) is 0 Å². The summed E-state index contributed by atoms with van der Waals surface area (Å²) in [4.78, 5) is 11.0. The van der Waals surface area contributed by atoms with E-state index in [9.17, 15) is 4.79 Å². The van der Waals surface area contributed by atoms with Crippen LogP contribution in [-0.2, 0) is 14.3 Å². The van der Waals surface area contributed by atoms with Gasteiger partial charge in [-0.1, -0.05) is 6.92 Å². The zero-order valence-electron chi connectivity index (χ0n) is 10.5. The van der Waals surface area contributed by atoms with Gasteiger partial charge in [0, 0.05) is 33.2 Å².